The zero-order valence-corrected chi connectivity index (χ0v) is 15.8. The lowest BCUT2D eigenvalue weighted by Gasteiger charge is -2.21. The molecule has 2 aromatic carbocycles. The average Bonchev–Trinajstić information content (AvgIpc) is 3.14. The van der Waals surface area contributed by atoms with Gasteiger partial charge in [0.2, 0.25) is 9.84 Å². The first kappa shape index (κ1) is 17.9. The van der Waals surface area contributed by atoms with Crippen molar-refractivity contribution in [3.05, 3.63) is 59.2 Å². The van der Waals surface area contributed by atoms with Crippen molar-refractivity contribution in [1.82, 2.24) is 10.2 Å². The van der Waals surface area contributed by atoms with Crippen LogP contribution in [0.4, 0.5) is 0 Å². The molecule has 0 radical (unpaired) electrons. The van der Waals surface area contributed by atoms with Gasteiger partial charge in [0.1, 0.15) is 0 Å². The Bertz CT molecular complexity index is 1050. The molecule has 27 heavy (non-hydrogen) atoms. The molecule has 1 amide bonds. The van der Waals surface area contributed by atoms with Gasteiger partial charge in [-0.1, -0.05) is 12.1 Å². The normalized spacial score (nSPS) is 20.3. The number of carbonyl (C=O) groups excluding carboxylic acids is 2. The van der Waals surface area contributed by atoms with Crippen LogP contribution in [0.25, 0.3) is 0 Å². The molecule has 0 aromatic heterocycles. The lowest BCUT2D eigenvalue weighted by molar-refractivity contribution is 0.0786. The molecule has 0 spiro atoms. The smallest absolute Gasteiger partial charge is 0.253 e. The Morgan fingerprint density at radius 1 is 1.15 bits per heavy atom. The first-order chi connectivity index (χ1) is 12.9. The molecule has 1 unspecified atom stereocenters. The number of likely N-dealkylation sites (tertiary alicyclic amines) is 1. The summed E-state index contributed by atoms with van der Waals surface area (Å²) in [4.78, 5) is 27.2. The van der Waals surface area contributed by atoms with Crippen LogP contribution in [0.3, 0.4) is 0 Å². The van der Waals surface area contributed by atoms with Crippen molar-refractivity contribution < 1.29 is 18.0 Å². The molecule has 2 aromatic rings. The fourth-order valence-electron chi connectivity index (χ4n) is 3.87. The molecule has 0 bridgehead atoms. The molecule has 1 saturated heterocycles. The molecule has 6 nitrogen and oxygen atoms in total. The van der Waals surface area contributed by atoms with Crippen molar-refractivity contribution in [1.29, 1.82) is 0 Å². The Morgan fingerprint density at radius 3 is 2.67 bits per heavy atom. The monoisotopic (exact) mass is 384 g/mol. The zero-order chi connectivity index (χ0) is 19.2. The van der Waals surface area contributed by atoms with E-state index in [1.165, 1.54) is 24.3 Å². The van der Waals surface area contributed by atoms with Crippen LogP contribution in [-0.4, -0.2) is 51.7 Å². The Labute approximate surface area is 158 Å². The maximum Gasteiger partial charge on any atom is 0.253 e. The largest absolute Gasteiger partial charge is 0.338 e. The van der Waals surface area contributed by atoms with Crippen molar-refractivity contribution in [3.63, 3.8) is 0 Å². The molecule has 1 N–H and O–H groups in total. The van der Waals surface area contributed by atoms with Crippen molar-refractivity contribution >= 4 is 21.5 Å². The van der Waals surface area contributed by atoms with Crippen LogP contribution < -0.4 is 5.32 Å². The fourth-order valence-corrected chi connectivity index (χ4v) is 5.55. The maximum absolute atomic E-state index is 13.0. The Morgan fingerprint density at radius 2 is 1.89 bits per heavy atom. The summed E-state index contributed by atoms with van der Waals surface area (Å²) in [5.41, 5.74) is 0.605. The minimum Gasteiger partial charge on any atom is -0.338 e. The summed E-state index contributed by atoms with van der Waals surface area (Å²) in [6.07, 6.45) is 0.918. The van der Waals surface area contributed by atoms with Crippen molar-refractivity contribution in [2.45, 2.75) is 16.2 Å². The number of amides is 1. The topological polar surface area (TPSA) is 83.6 Å². The summed E-state index contributed by atoms with van der Waals surface area (Å²) in [5, 5.41) is 3.12. The molecule has 4 rings (SSSR count). The van der Waals surface area contributed by atoms with Gasteiger partial charge in [-0.2, -0.15) is 0 Å². The Kier molecular flexibility index (Phi) is 4.36. The van der Waals surface area contributed by atoms with E-state index in [0.29, 0.717) is 24.6 Å². The minimum absolute atomic E-state index is 0.00218. The van der Waals surface area contributed by atoms with E-state index in [-0.39, 0.29) is 32.6 Å². The molecule has 0 saturated carbocycles. The van der Waals surface area contributed by atoms with E-state index in [0.717, 1.165) is 13.0 Å². The van der Waals surface area contributed by atoms with Crippen LogP contribution in [0.2, 0.25) is 0 Å². The number of fused-ring (bicyclic) bond motifs is 2. The number of sulfone groups is 1. The average molecular weight is 384 g/mol. The van der Waals surface area contributed by atoms with E-state index in [1.807, 2.05) is 7.05 Å². The number of rotatable bonds is 3. The standard InChI is InChI=1S/C20H20N2O4S/c1-21-11-13-8-9-22(12-13)20(24)14-6-7-16-18(10-14)27(25,26)17-5-3-2-4-15(17)19(16)23/h2-7,10,13,21H,8-9,11-12H2,1H3. The van der Waals surface area contributed by atoms with Gasteiger partial charge >= 0.3 is 0 Å². The van der Waals surface area contributed by atoms with Gasteiger partial charge in [-0.3, -0.25) is 9.59 Å². The van der Waals surface area contributed by atoms with Gasteiger partial charge in [-0.25, -0.2) is 8.42 Å². The first-order valence-corrected chi connectivity index (χ1v) is 10.4. The Hall–Kier alpha value is -2.51. The number of carbonyl (C=O) groups is 2. The van der Waals surface area contributed by atoms with Gasteiger partial charge in [0, 0.05) is 29.8 Å². The highest BCUT2D eigenvalue weighted by Crippen LogP contribution is 2.35. The highest BCUT2D eigenvalue weighted by atomic mass is 32.2. The van der Waals surface area contributed by atoms with Crippen molar-refractivity contribution in [2.24, 2.45) is 5.92 Å². The molecule has 2 aliphatic rings. The summed E-state index contributed by atoms with van der Waals surface area (Å²) in [5.74, 6) is -0.128. The number of benzene rings is 2. The lowest BCUT2D eigenvalue weighted by atomic mass is 10.0. The summed E-state index contributed by atoms with van der Waals surface area (Å²) in [7, 11) is -1.95. The van der Waals surface area contributed by atoms with E-state index >= 15 is 0 Å². The maximum atomic E-state index is 13.0. The Balaban J connectivity index is 1.71. The van der Waals surface area contributed by atoms with E-state index < -0.39 is 9.84 Å². The zero-order valence-electron chi connectivity index (χ0n) is 14.9. The molecule has 7 heteroatoms. The molecular weight excluding hydrogens is 364 g/mol. The molecule has 2 heterocycles. The molecular formula is C20H20N2O4S. The van der Waals surface area contributed by atoms with Crippen LogP contribution in [0.1, 0.15) is 32.7 Å². The first-order valence-electron chi connectivity index (χ1n) is 8.90. The van der Waals surface area contributed by atoms with Gasteiger partial charge < -0.3 is 10.2 Å². The number of hydrogen-bond donors (Lipinski definition) is 1. The van der Waals surface area contributed by atoms with Gasteiger partial charge in [-0.15, -0.1) is 0 Å². The number of ketones is 1. The highest BCUT2D eigenvalue weighted by Gasteiger charge is 2.35. The number of hydrogen-bond acceptors (Lipinski definition) is 5. The lowest BCUT2D eigenvalue weighted by Crippen LogP contribution is -2.31. The third-order valence-electron chi connectivity index (χ3n) is 5.25. The predicted octanol–water partition coefficient (Wildman–Crippen LogP) is 1.75. The van der Waals surface area contributed by atoms with Crippen molar-refractivity contribution in [2.75, 3.05) is 26.7 Å². The summed E-state index contributed by atoms with van der Waals surface area (Å²) in [6, 6.07) is 10.5. The molecule has 1 fully saturated rings. The van der Waals surface area contributed by atoms with Gasteiger partial charge in [0.05, 0.1) is 9.79 Å². The van der Waals surface area contributed by atoms with E-state index in [9.17, 15) is 18.0 Å². The summed E-state index contributed by atoms with van der Waals surface area (Å²) >= 11 is 0. The second-order valence-electron chi connectivity index (χ2n) is 7.00. The van der Waals surface area contributed by atoms with Gasteiger partial charge in [-0.05, 0) is 56.3 Å². The van der Waals surface area contributed by atoms with Crippen molar-refractivity contribution in [3.8, 4) is 0 Å². The molecule has 1 atom stereocenters. The number of nitrogens with zero attached hydrogens (tertiary/aromatic N) is 1. The quantitative estimate of drug-likeness (QED) is 0.744. The van der Waals surface area contributed by atoms with Gasteiger partial charge in [0.25, 0.3) is 5.91 Å². The molecule has 0 aliphatic carbocycles. The minimum atomic E-state index is -3.83. The van der Waals surface area contributed by atoms with Crippen LogP contribution in [0.15, 0.2) is 52.3 Å². The second-order valence-corrected chi connectivity index (χ2v) is 8.89. The summed E-state index contributed by atoms with van der Waals surface area (Å²) in [6.45, 7) is 2.13. The van der Waals surface area contributed by atoms with Crippen LogP contribution in [-0.2, 0) is 9.84 Å². The molecule has 140 valence electrons. The SMILES string of the molecule is CNCC1CCN(C(=O)c2ccc3c(c2)S(=O)(=O)c2ccccc2C3=O)C1. The summed E-state index contributed by atoms with van der Waals surface area (Å²) < 4.78 is 26.0. The van der Waals surface area contributed by atoms with Crippen LogP contribution >= 0.6 is 0 Å². The van der Waals surface area contributed by atoms with Gasteiger partial charge in [0.15, 0.2) is 5.78 Å². The van der Waals surface area contributed by atoms with E-state index in [4.69, 9.17) is 0 Å². The fraction of sp³-hybridized carbons (Fsp3) is 0.300. The number of nitrogens with one attached hydrogen (secondary N) is 1. The molecule has 2 aliphatic heterocycles. The van der Waals surface area contributed by atoms with Crippen LogP contribution in [0, 0.1) is 5.92 Å². The van der Waals surface area contributed by atoms with E-state index in [2.05, 4.69) is 5.32 Å². The third kappa shape index (κ3) is 2.87. The third-order valence-corrected chi connectivity index (χ3v) is 7.10. The van der Waals surface area contributed by atoms with Crippen LogP contribution in [0.5, 0.6) is 0 Å². The highest BCUT2D eigenvalue weighted by molar-refractivity contribution is 7.91. The second kappa shape index (κ2) is 6.58. The predicted molar refractivity (Wildman–Crippen MR) is 99.7 cm³/mol. The van der Waals surface area contributed by atoms with E-state index in [1.54, 1.807) is 23.1 Å².